The van der Waals surface area contributed by atoms with E-state index in [-0.39, 0.29) is 35.9 Å². The predicted molar refractivity (Wildman–Crippen MR) is 102 cm³/mol. The quantitative estimate of drug-likeness (QED) is 0.834. The van der Waals surface area contributed by atoms with Crippen LogP contribution >= 0.6 is 0 Å². The summed E-state index contributed by atoms with van der Waals surface area (Å²) in [6, 6.07) is 1.42. The fourth-order valence-electron chi connectivity index (χ4n) is 4.06. The molecule has 8 heteroatoms. The Morgan fingerprint density at radius 2 is 2.18 bits per heavy atom. The Kier molecular flexibility index (Phi) is 5.05. The van der Waals surface area contributed by atoms with Crippen molar-refractivity contribution in [1.29, 1.82) is 0 Å². The monoisotopic (exact) mass is 386 g/mol. The van der Waals surface area contributed by atoms with E-state index >= 15 is 0 Å². The molecule has 28 heavy (non-hydrogen) atoms. The first-order valence-electron chi connectivity index (χ1n) is 9.92. The molecular formula is C20H26N4O4. The minimum atomic E-state index is -0.210. The van der Waals surface area contributed by atoms with Crippen LogP contribution in [0.25, 0.3) is 11.1 Å². The Hall–Kier alpha value is -2.48. The predicted octanol–water partition coefficient (Wildman–Crippen LogP) is 2.21. The number of piperidine rings is 1. The molecule has 3 atom stereocenters. The summed E-state index contributed by atoms with van der Waals surface area (Å²) in [6.45, 7) is 6.53. The molecule has 150 valence electrons. The number of pyridine rings is 1. The van der Waals surface area contributed by atoms with Gasteiger partial charge < -0.3 is 19.9 Å². The minimum Gasteiger partial charge on any atom is -0.376 e. The highest BCUT2D eigenvalue weighted by Crippen LogP contribution is 2.27. The third-order valence-electron chi connectivity index (χ3n) is 5.60. The van der Waals surface area contributed by atoms with Crippen LogP contribution in [0.2, 0.25) is 0 Å². The number of aryl methyl sites for hydroxylation is 1. The van der Waals surface area contributed by atoms with Crippen LogP contribution in [0.3, 0.4) is 0 Å². The molecule has 2 aromatic heterocycles. The van der Waals surface area contributed by atoms with Gasteiger partial charge in [-0.2, -0.15) is 0 Å². The molecular weight excluding hydrogens is 360 g/mol. The highest BCUT2D eigenvalue weighted by molar-refractivity contribution is 6.06. The van der Waals surface area contributed by atoms with Gasteiger partial charge in [-0.25, -0.2) is 4.98 Å². The zero-order chi connectivity index (χ0) is 19.8. The lowest BCUT2D eigenvalue weighted by Gasteiger charge is -2.36. The van der Waals surface area contributed by atoms with Crippen LogP contribution < -0.4 is 10.6 Å². The van der Waals surface area contributed by atoms with Crippen molar-refractivity contribution < 1.29 is 18.8 Å². The van der Waals surface area contributed by atoms with Gasteiger partial charge in [0.2, 0.25) is 5.91 Å². The summed E-state index contributed by atoms with van der Waals surface area (Å²) >= 11 is 0. The molecule has 0 saturated carbocycles. The Morgan fingerprint density at radius 1 is 1.36 bits per heavy atom. The summed E-state index contributed by atoms with van der Waals surface area (Å²) in [5.41, 5.74) is 2.30. The van der Waals surface area contributed by atoms with E-state index in [0.717, 1.165) is 18.5 Å². The second kappa shape index (κ2) is 7.50. The van der Waals surface area contributed by atoms with Gasteiger partial charge in [0.1, 0.15) is 0 Å². The smallest absolute Gasteiger partial charge is 0.259 e. The van der Waals surface area contributed by atoms with Crippen LogP contribution in [-0.2, 0) is 9.53 Å². The number of carbonyl (C=O) groups is 2. The van der Waals surface area contributed by atoms with Crippen LogP contribution in [0.1, 0.15) is 67.2 Å². The Morgan fingerprint density at radius 3 is 2.89 bits per heavy atom. The first-order chi connectivity index (χ1) is 13.4. The lowest BCUT2D eigenvalue weighted by molar-refractivity contribution is -0.125. The van der Waals surface area contributed by atoms with Crippen LogP contribution in [-0.4, -0.2) is 46.7 Å². The second-order valence-corrected chi connectivity index (χ2v) is 7.96. The van der Waals surface area contributed by atoms with Crippen molar-refractivity contribution in [3.8, 4) is 0 Å². The maximum absolute atomic E-state index is 13.2. The maximum Gasteiger partial charge on any atom is 0.259 e. The zero-order valence-corrected chi connectivity index (χ0v) is 16.4. The first-order valence-corrected chi connectivity index (χ1v) is 9.92. The Labute approximate surface area is 163 Å². The highest BCUT2D eigenvalue weighted by Gasteiger charge is 2.38. The van der Waals surface area contributed by atoms with Crippen molar-refractivity contribution in [2.24, 2.45) is 0 Å². The molecule has 2 aliphatic heterocycles. The number of nitrogens with zero attached hydrogens (tertiary/aromatic N) is 2. The number of rotatable bonds is 4. The molecule has 2 fully saturated rings. The van der Waals surface area contributed by atoms with Crippen molar-refractivity contribution in [2.45, 2.75) is 70.6 Å². The van der Waals surface area contributed by atoms with Gasteiger partial charge in [-0.1, -0.05) is 19.0 Å². The third-order valence-corrected chi connectivity index (χ3v) is 5.60. The van der Waals surface area contributed by atoms with E-state index in [1.165, 1.54) is 0 Å². The normalized spacial score (nSPS) is 25.3. The molecule has 2 amide bonds. The minimum absolute atomic E-state index is 0.00859. The summed E-state index contributed by atoms with van der Waals surface area (Å²) in [6.07, 6.45) is 2.79. The van der Waals surface area contributed by atoms with Crippen molar-refractivity contribution in [3.63, 3.8) is 0 Å². The lowest BCUT2D eigenvalue weighted by Crippen LogP contribution is -2.60. The van der Waals surface area contributed by atoms with Crippen molar-refractivity contribution in [2.75, 3.05) is 6.61 Å². The molecule has 0 aliphatic carbocycles. The standard InChI is InChI=1S/C20H26N4O4/c1-10(2)14-9-12(17-11(3)24-28-20(17)22-14)19(26)21-13-6-7-16(25)23-18(13)15-5-4-8-27-15/h9-10,13,15,18H,4-8H2,1-3H3,(H,21,26)(H,23,25). The highest BCUT2D eigenvalue weighted by atomic mass is 16.5. The fraction of sp³-hybridized carbons (Fsp3) is 0.600. The number of carbonyl (C=O) groups excluding carboxylic acids is 2. The van der Waals surface area contributed by atoms with E-state index < -0.39 is 0 Å². The number of amides is 2. The molecule has 8 nitrogen and oxygen atoms in total. The van der Waals surface area contributed by atoms with Gasteiger partial charge in [0, 0.05) is 18.7 Å². The molecule has 4 rings (SSSR count). The van der Waals surface area contributed by atoms with Gasteiger partial charge in [0.15, 0.2) is 0 Å². The molecule has 2 N–H and O–H groups in total. The summed E-state index contributed by atoms with van der Waals surface area (Å²) < 4.78 is 11.1. The molecule has 0 aromatic carbocycles. The SMILES string of the molecule is Cc1noc2nc(C(C)C)cc(C(=O)NC3CCC(=O)NC3C3CCCO3)c12. The number of aromatic nitrogens is 2. The van der Waals surface area contributed by atoms with Gasteiger partial charge in [-0.15, -0.1) is 0 Å². The van der Waals surface area contributed by atoms with Gasteiger partial charge in [-0.3, -0.25) is 9.59 Å². The topological polar surface area (TPSA) is 106 Å². The molecule has 4 heterocycles. The van der Waals surface area contributed by atoms with Gasteiger partial charge in [0.05, 0.1) is 34.8 Å². The number of nitrogens with one attached hydrogen (secondary N) is 2. The molecule has 3 unspecified atom stereocenters. The van der Waals surface area contributed by atoms with Crippen molar-refractivity contribution in [1.82, 2.24) is 20.8 Å². The number of hydrogen-bond acceptors (Lipinski definition) is 6. The zero-order valence-electron chi connectivity index (χ0n) is 16.4. The van der Waals surface area contributed by atoms with Gasteiger partial charge >= 0.3 is 0 Å². The summed E-state index contributed by atoms with van der Waals surface area (Å²) in [4.78, 5) is 29.6. The Bertz CT molecular complexity index is 901. The Balaban J connectivity index is 1.63. The van der Waals surface area contributed by atoms with Crippen LogP contribution in [0.15, 0.2) is 10.6 Å². The lowest BCUT2D eigenvalue weighted by atomic mass is 9.91. The van der Waals surface area contributed by atoms with E-state index in [1.54, 1.807) is 6.92 Å². The summed E-state index contributed by atoms with van der Waals surface area (Å²) in [5.74, 6) is -0.0472. The first kappa shape index (κ1) is 18.9. The van der Waals surface area contributed by atoms with E-state index in [0.29, 0.717) is 41.8 Å². The summed E-state index contributed by atoms with van der Waals surface area (Å²) in [5, 5.41) is 10.8. The average Bonchev–Trinajstić information content (AvgIpc) is 3.32. The van der Waals surface area contributed by atoms with E-state index in [4.69, 9.17) is 9.26 Å². The van der Waals surface area contributed by atoms with E-state index in [9.17, 15) is 9.59 Å². The van der Waals surface area contributed by atoms with Gasteiger partial charge in [-0.05, 0) is 38.2 Å². The van der Waals surface area contributed by atoms with Crippen molar-refractivity contribution >= 4 is 22.9 Å². The van der Waals surface area contributed by atoms with Crippen LogP contribution in [0.5, 0.6) is 0 Å². The van der Waals surface area contributed by atoms with E-state index in [1.807, 2.05) is 19.9 Å². The fourth-order valence-corrected chi connectivity index (χ4v) is 4.06. The average molecular weight is 386 g/mol. The molecule has 0 bridgehead atoms. The molecule has 2 saturated heterocycles. The van der Waals surface area contributed by atoms with Crippen LogP contribution in [0, 0.1) is 6.92 Å². The second-order valence-electron chi connectivity index (χ2n) is 7.96. The number of fused-ring (bicyclic) bond motifs is 1. The molecule has 0 radical (unpaired) electrons. The number of ether oxygens (including phenoxy) is 1. The molecule has 0 spiro atoms. The maximum atomic E-state index is 13.2. The third kappa shape index (κ3) is 3.48. The van der Waals surface area contributed by atoms with Crippen molar-refractivity contribution in [3.05, 3.63) is 23.0 Å². The summed E-state index contributed by atoms with van der Waals surface area (Å²) in [7, 11) is 0. The molecule has 2 aromatic rings. The number of hydrogen-bond donors (Lipinski definition) is 2. The van der Waals surface area contributed by atoms with Gasteiger partial charge in [0.25, 0.3) is 11.6 Å². The van der Waals surface area contributed by atoms with E-state index in [2.05, 4.69) is 20.8 Å². The van der Waals surface area contributed by atoms with Crippen LogP contribution in [0.4, 0.5) is 0 Å². The largest absolute Gasteiger partial charge is 0.376 e. The molecule has 2 aliphatic rings.